The van der Waals surface area contributed by atoms with E-state index in [9.17, 15) is 8.42 Å². The number of rotatable bonds is 6. The smallest absolute Gasteiger partial charge is 0.154 e. The van der Waals surface area contributed by atoms with Crippen LogP contribution in [-0.4, -0.2) is 32.0 Å². The van der Waals surface area contributed by atoms with Crippen LogP contribution in [-0.2, 0) is 16.3 Å². The van der Waals surface area contributed by atoms with Crippen LogP contribution >= 0.6 is 11.6 Å². The molecule has 1 heterocycles. The fourth-order valence-electron chi connectivity index (χ4n) is 3.01. The van der Waals surface area contributed by atoms with E-state index in [-0.39, 0.29) is 11.3 Å². The van der Waals surface area contributed by atoms with Gasteiger partial charge < -0.3 is 5.32 Å². The van der Waals surface area contributed by atoms with Gasteiger partial charge in [-0.2, -0.15) is 0 Å². The molecule has 21 heavy (non-hydrogen) atoms. The predicted octanol–water partition coefficient (Wildman–Crippen LogP) is 3.22. The zero-order valence-electron chi connectivity index (χ0n) is 12.5. The minimum absolute atomic E-state index is 0.0197. The average molecular weight is 330 g/mol. The highest BCUT2D eigenvalue weighted by Crippen LogP contribution is 2.25. The predicted molar refractivity (Wildman–Crippen MR) is 88.7 cm³/mol. The number of sulfone groups is 1. The lowest BCUT2D eigenvalue weighted by atomic mass is 9.99. The summed E-state index contributed by atoms with van der Waals surface area (Å²) < 4.78 is 24.8. The van der Waals surface area contributed by atoms with Gasteiger partial charge in [0.1, 0.15) is 0 Å². The summed E-state index contributed by atoms with van der Waals surface area (Å²) in [6.45, 7) is 2.94. The summed E-state index contributed by atoms with van der Waals surface area (Å²) in [6, 6.07) is 7.69. The van der Waals surface area contributed by atoms with Gasteiger partial charge in [0.15, 0.2) is 9.84 Å². The van der Waals surface area contributed by atoms with Gasteiger partial charge in [0.2, 0.25) is 0 Å². The Hall–Kier alpha value is -0.580. The molecule has 0 saturated carbocycles. The van der Waals surface area contributed by atoms with Gasteiger partial charge in [0.05, 0.1) is 11.0 Å². The molecule has 1 aliphatic rings. The first-order chi connectivity index (χ1) is 10.0. The molecule has 0 bridgehead atoms. The number of benzene rings is 1. The molecule has 1 aromatic rings. The topological polar surface area (TPSA) is 46.2 Å². The van der Waals surface area contributed by atoms with Crippen LogP contribution in [0.25, 0.3) is 0 Å². The molecule has 1 aromatic carbocycles. The van der Waals surface area contributed by atoms with Crippen molar-refractivity contribution in [2.45, 2.75) is 50.3 Å². The second kappa shape index (κ2) is 7.61. The molecule has 0 aliphatic carbocycles. The fourth-order valence-corrected chi connectivity index (χ4v) is 5.35. The van der Waals surface area contributed by atoms with Crippen molar-refractivity contribution in [1.29, 1.82) is 0 Å². The van der Waals surface area contributed by atoms with Crippen molar-refractivity contribution >= 4 is 21.4 Å². The standard InChI is InChI=1S/C16H24ClNO2S/c1-2-9-18-15(12-13-6-5-7-14(17)11-13)16-8-3-4-10-21(16,19)20/h5-7,11,15-16,18H,2-4,8-10,12H2,1H3. The summed E-state index contributed by atoms with van der Waals surface area (Å²) in [5, 5.41) is 3.88. The molecule has 118 valence electrons. The lowest BCUT2D eigenvalue weighted by Crippen LogP contribution is -2.48. The van der Waals surface area contributed by atoms with Crippen LogP contribution in [0.1, 0.15) is 38.2 Å². The van der Waals surface area contributed by atoms with Crippen molar-refractivity contribution in [2.75, 3.05) is 12.3 Å². The Labute approximate surface area is 133 Å². The zero-order valence-corrected chi connectivity index (χ0v) is 14.1. The first kappa shape index (κ1) is 16.8. The summed E-state index contributed by atoms with van der Waals surface area (Å²) >= 11 is 6.04. The summed E-state index contributed by atoms with van der Waals surface area (Å²) in [5.41, 5.74) is 1.09. The fraction of sp³-hybridized carbons (Fsp3) is 0.625. The maximum absolute atomic E-state index is 12.4. The van der Waals surface area contributed by atoms with Gasteiger partial charge in [-0.25, -0.2) is 8.42 Å². The second-order valence-corrected chi connectivity index (χ2v) is 8.57. The molecule has 0 radical (unpaired) electrons. The molecular formula is C16H24ClNO2S. The monoisotopic (exact) mass is 329 g/mol. The molecule has 2 atom stereocenters. The second-order valence-electron chi connectivity index (χ2n) is 5.80. The lowest BCUT2D eigenvalue weighted by Gasteiger charge is -2.31. The van der Waals surface area contributed by atoms with Crippen molar-refractivity contribution in [3.05, 3.63) is 34.9 Å². The van der Waals surface area contributed by atoms with Crippen molar-refractivity contribution in [3.8, 4) is 0 Å². The molecule has 0 spiro atoms. The van der Waals surface area contributed by atoms with E-state index in [2.05, 4.69) is 12.2 Å². The van der Waals surface area contributed by atoms with Crippen molar-refractivity contribution in [3.63, 3.8) is 0 Å². The summed E-state index contributed by atoms with van der Waals surface area (Å²) in [5.74, 6) is 0.331. The molecule has 0 amide bonds. The minimum Gasteiger partial charge on any atom is -0.312 e. The van der Waals surface area contributed by atoms with Crippen LogP contribution in [0.5, 0.6) is 0 Å². The van der Waals surface area contributed by atoms with E-state index >= 15 is 0 Å². The van der Waals surface area contributed by atoms with E-state index in [1.54, 1.807) is 0 Å². The van der Waals surface area contributed by atoms with Gasteiger partial charge in [0.25, 0.3) is 0 Å². The number of halogens is 1. The van der Waals surface area contributed by atoms with Gasteiger partial charge in [-0.05, 0) is 49.9 Å². The van der Waals surface area contributed by atoms with E-state index in [4.69, 9.17) is 11.6 Å². The summed E-state index contributed by atoms with van der Waals surface area (Å²) in [7, 11) is -2.98. The maximum Gasteiger partial charge on any atom is 0.154 e. The summed E-state index contributed by atoms with van der Waals surface area (Å²) in [6.07, 6.45) is 4.29. The van der Waals surface area contributed by atoms with Crippen LogP contribution < -0.4 is 5.32 Å². The zero-order chi connectivity index (χ0) is 15.3. The largest absolute Gasteiger partial charge is 0.312 e. The van der Waals surface area contributed by atoms with Crippen LogP contribution in [0, 0.1) is 0 Å². The molecule has 1 fully saturated rings. The highest BCUT2D eigenvalue weighted by molar-refractivity contribution is 7.92. The normalized spacial score (nSPS) is 22.9. The van der Waals surface area contributed by atoms with Gasteiger partial charge in [-0.3, -0.25) is 0 Å². The van der Waals surface area contributed by atoms with Gasteiger partial charge >= 0.3 is 0 Å². The molecule has 5 heteroatoms. The molecule has 3 nitrogen and oxygen atoms in total. The Morgan fingerprint density at radius 3 is 2.86 bits per heavy atom. The quantitative estimate of drug-likeness (QED) is 0.871. The number of hydrogen-bond donors (Lipinski definition) is 1. The SMILES string of the molecule is CCCNC(Cc1cccc(Cl)c1)C1CCCCS1(=O)=O. The van der Waals surface area contributed by atoms with Crippen molar-refractivity contribution in [1.82, 2.24) is 5.32 Å². The first-order valence-electron chi connectivity index (χ1n) is 7.72. The van der Waals surface area contributed by atoms with Crippen molar-refractivity contribution < 1.29 is 8.42 Å². The van der Waals surface area contributed by atoms with Crippen LogP contribution in [0.4, 0.5) is 0 Å². The Morgan fingerprint density at radius 2 is 2.19 bits per heavy atom. The molecule has 2 unspecified atom stereocenters. The Bertz CT molecular complexity index is 559. The third-order valence-electron chi connectivity index (χ3n) is 4.08. The Kier molecular flexibility index (Phi) is 6.08. The Morgan fingerprint density at radius 1 is 1.38 bits per heavy atom. The van der Waals surface area contributed by atoms with E-state index in [0.29, 0.717) is 17.2 Å². The summed E-state index contributed by atoms with van der Waals surface area (Å²) in [4.78, 5) is 0. The molecular weight excluding hydrogens is 306 g/mol. The molecule has 1 aliphatic heterocycles. The average Bonchev–Trinajstić information content (AvgIpc) is 2.43. The molecule has 1 N–H and O–H groups in total. The van der Waals surface area contributed by atoms with E-state index in [0.717, 1.165) is 37.8 Å². The van der Waals surface area contributed by atoms with Gasteiger partial charge in [-0.15, -0.1) is 0 Å². The molecule has 0 aromatic heterocycles. The number of hydrogen-bond acceptors (Lipinski definition) is 3. The Balaban J connectivity index is 2.17. The van der Waals surface area contributed by atoms with Crippen LogP contribution in [0.2, 0.25) is 5.02 Å². The lowest BCUT2D eigenvalue weighted by molar-refractivity contribution is 0.433. The minimum atomic E-state index is -2.98. The highest BCUT2D eigenvalue weighted by atomic mass is 35.5. The molecule has 2 rings (SSSR count). The maximum atomic E-state index is 12.4. The van der Waals surface area contributed by atoms with Gasteiger partial charge in [-0.1, -0.05) is 37.1 Å². The van der Waals surface area contributed by atoms with Gasteiger partial charge in [0, 0.05) is 11.1 Å². The first-order valence-corrected chi connectivity index (χ1v) is 9.81. The third-order valence-corrected chi connectivity index (χ3v) is 6.66. The van der Waals surface area contributed by atoms with Crippen LogP contribution in [0.3, 0.4) is 0 Å². The number of nitrogens with one attached hydrogen (secondary N) is 1. The van der Waals surface area contributed by atoms with Crippen LogP contribution in [0.15, 0.2) is 24.3 Å². The van der Waals surface area contributed by atoms with E-state index in [1.165, 1.54) is 0 Å². The van der Waals surface area contributed by atoms with Crippen molar-refractivity contribution in [2.24, 2.45) is 0 Å². The molecule has 1 saturated heterocycles. The van der Waals surface area contributed by atoms with E-state index < -0.39 is 9.84 Å². The third kappa shape index (κ3) is 4.70. The highest BCUT2D eigenvalue weighted by Gasteiger charge is 2.35. The van der Waals surface area contributed by atoms with E-state index in [1.807, 2.05) is 24.3 Å².